The van der Waals surface area contributed by atoms with Gasteiger partial charge in [0, 0.05) is 23.2 Å². The molecule has 1 N–H and O–H groups in total. The molecule has 20 heavy (non-hydrogen) atoms. The minimum absolute atomic E-state index is 0.00518. The normalized spacial score (nSPS) is 27.6. The molecule has 2 aliphatic rings. The second-order valence-electron chi connectivity index (χ2n) is 6.01. The van der Waals surface area contributed by atoms with Crippen LogP contribution in [0, 0.1) is 28.9 Å². The van der Waals surface area contributed by atoms with Gasteiger partial charge in [0.25, 0.3) is 11.6 Å². The van der Waals surface area contributed by atoms with Crippen molar-refractivity contribution in [1.82, 2.24) is 5.32 Å². The molecule has 1 aromatic rings. The molecule has 0 aromatic heterocycles. The second-order valence-corrected chi connectivity index (χ2v) is 6.01. The number of aryl methyl sites for hydroxylation is 1. The van der Waals surface area contributed by atoms with Crippen molar-refractivity contribution in [2.24, 2.45) is 11.8 Å². The fourth-order valence-corrected chi connectivity index (χ4v) is 3.62. The molecule has 3 atom stereocenters. The van der Waals surface area contributed by atoms with Gasteiger partial charge in [-0.3, -0.25) is 14.9 Å². The van der Waals surface area contributed by atoms with Crippen LogP contribution in [0.5, 0.6) is 0 Å². The maximum Gasteiger partial charge on any atom is 0.273 e. The lowest BCUT2D eigenvalue weighted by Crippen LogP contribution is -2.38. The molecule has 2 saturated carbocycles. The number of amides is 1. The number of nitrogens with zero attached hydrogens (tertiary/aromatic N) is 1. The van der Waals surface area contributed by atoms with Gasteiger partial charge in [0.1, 0.15) is 0 Å². The van der Waals surface area contributed by atoms with Gasteiger partial charge in [0.05, 0.1) is 4.92 Å². The van der Waals surface area contributed by atoms with Gasteiger partial charge in [-0.15, -0.1) is 0 Å². The molecule has 5 nitrogen and oxygen atoms in total. The van der Waals surface area contributed by atoms with Gasteiger partial charge >= 0.3 is 0 Å². The van der Waals surface area contributed by atoms with Crippen LogP contribution >= 0.6 is 0 Å². The number of nitrogens with one attached hydrogen (secondary N) is 1. The first-order valence-electron chi connectivity index (χ1n) is 7.10. The molecule has 0 heterocycles. The summed E-state index contributed by atoms with van der Waals surface area (Å²) < 4.78 is 0. The first kappa shape index (κ1) is 13.1. The monoisotopic (exact) mass is 274 g/mol. The van der Waals surface area contributed by atoms with Gasteiger partial charge in [0.15, 0.2) is 0 Å². The molecule has 0 saturated heterocycles. The summed E-state index contributed by atoms with van der Waals surface area (Å²) in [5.74, 6) is 1.17. The van der Waals surface area contributed by atoms with E-state index in [1.807, 2.05) is 0 Å². The fraction of sp³-hybridized carbons (Fsp3) is 0.533. The maximum atomic E-state index is 12.2. The zero-order valence-corrected chi connectivity index (χ0v) is 11.5. The van der Waals surface area contributed by atoms with Crippen molar-refractivity contribution in [3.63, 3.8) is 0 Å². The van der Waals surface area contributed by atoms with Gasteiger partial charge in [-0.25, -0.2) is 0 Å². The van der Waals surface area contributed by atoms with Crippen molar-refractivity contribution in [2.75, 3.05) is 0 Å². The summed E-state index contributed by atoms with van der Waals surface area (Å²) in [6.07, 6.45) is 4.76. The number of rotatable bonds is 3. The van der Waals surface area contributed by atoms with E-state index in [0.717, 1.165) is 12.3 Å². The number of fused-ring (bicyclic) bond motifs is 2. The molecule has 5 heteroatoms. The average Bonchev–Trinajstić information content (AvgIpc) is 3.01. The Labute approximate surface area is 117 Å². The Bertz CT molecular complexity index is 570. The van der Waals surface area contributed by atoms with Crippen molar-refractivity contribution in [3.05, 3.63) is 39.4 Å². The van der Waals surface area contributed by atoms with Crippen LogP contribution in [0.2, 0.25) is 0 Å². The Balaban J connectivity index is 1.74. The van der Waals surface area contributed by atoms with Crippen molar-refractivity contribution < 1.29 is 9.72 Å². The SMILES string of the molecule is Cc1ccc(C(=O)N[C@H]2C[C@@H]3CC[C@H]2C3)cc1[N+](=O)[O-]. The van der Waals surface area contributed by atoms with Crippen molar-refractivity contribution >= 4 is 11.6 Å². The predicted molar refractivity (Wildman–Crippen MR) is 74.5 cm³/mol. The lowest BCUT2D eigenvalue weighted by atomic mass is 9.95. The molecule has 0 aliphatic heterocycles. The topological polar surface area (TPSA) is 72.2 Å². The van der Waals surface area contributed by atoms with Crippen LogP contribution in [0.25, 0.3) is 0 Å². The molecular formula is C15H18N2O3. The van der Waals surface area contributed by atoms with Gasteiger partial charge in [-0.1, -0.05) is 12.5 Å². The van der Waals surface area contributed by atoms with Crippen LogP contribution in [0.3, 0.4) is 0 Å². The summed E-state index contributed by atoms with van der Waals surface area (Å²) >= 11 is 0. The smallest absolute Gasteiger partial charge is 0.273 e. The molecule has 1 aromatic carbocycles. The number of hydrogen-bond acceptors (Lipinski definition) is 3. The Hall–Kier alpha value is -1.91. The molecule has 3 rings (SSSR count). The van der Waals surface area contributed by atoms with E-state index in [4.69, 9.17) is 0 Å². The van der Waals surface area contributed by atoms with E-state index in [0.29, 0.717) is 17.0 Å². The summed E-state index contributed by atoms with van der Waals surface area (Å²) in [6, 6.07) is 4.91. The Kier molecular flexibility index (Phi) is 3.20. The van der Waals surface area contributed by atoms with Gasteiger partial charge in [-0.2, -0.15) is 0 Å². The first-order valence-corrected chi connectivity index (χ1v) is 7.10. The summed E-state index contributed by atoms with van der Waals surface area (Å²) in [5, 5.41) is 14.0. The third-order valence-corrected chi connectivity index (χ3v) is 4.72. The number of nitro benzene ring substituents is 1. The highest BCUT2D eigenvalue weighted by atomic mass is 16.6. The van der Waals surface area contributed by atoms with E-state index in [2.05, 4.69) is 5.32 Å². The predicted octanol–water partition coefficient (Wildman–Crippen LogP) is 2.82. The second kappa shape index (κ2) is 4.89. The largest absolute Gasteiger partial charge is 0.349 e. The number of benzene rings is 1. The number of nitro groups is 1. The zero-order valence-electron chi connectivity index (χ0n) is 11.5. The van der Waals surface area contributed by atoms with Crippen LogP contribution < -0.4 is 5.32 Å². The highest BCUT2D eigenvalue weighted by molar-refractivity contribution is 5.95. The lowest BCUT2D eigenvalue weighted by molar-refractivity contribution is -0.385. The number of carbonyl (C=O) groups excluding carboxylic acids is 1. The Morgan fingerprint density at radius 3 is 2.75 bits per heavy atom. The number of hydrogen-bond donors (Lipinski definition) is 1. The van der Waals surface area contributed by atoms with Crippen LogP contribution in [-0.2, 0) is 0 Å². The minimum atomic E-state index is -0.441. The van der Waals surface area contributed by atoms with Crippen LogP contribution in [0.1, 0.15) is 41.6 Å². The van der Waals surface area contributed by atoms with E-state index in [-0.39, 0.29) is 17.6 Å². The van der Waals surface area contributed by atoms with Crippen molar-refractivity contribution in [1.29, 1.82) is 0 Å². The van der Waals surface area contributed by atoms with Gasteiger partial charge < -0.3 is 5.32 Å². The molecule has 106 valence electrons. The third kappa shape index (κ3) is 2.28. The summed E-state index contributed by atoms with van der Waals surface area (Å²) in [6.45, 7) is 1.68. The summed E-state index contributed by atoms with van der Waals surface area (Å²) in [5.41, 5.74) is 0.960. The summed E-state index contributed by atoms with van der Waals surface area (Å²) in [7, 11) is 0. The average molecular weight is 274 g/mol. The molecule has 2 fully saturated rings. The lowest BCUT2D eigenvalue weighted by Gasteiger charge is -2.22. The first-order chi connectivity index (χ1) is 9.54. The van der Waals surface area contributed by atoms with E-state index >= 15 is 0 Å². The summed E-state index contributed by atoms with van der Waals surface area (Å²) in [4.78, 5) is 22.7. The Morgan fingerprint density at radius 2 is 2.15 bits per heavy atom. The molecule has 0 radical (unpaired) electrons. The standard InChI is InChI=1S/C15H18N2O3/c1-9-2-4-12(8-14(9)17(19)20)15(18)16-13-7-10-3-5-11(13)6-10/h2,4,8,10-11,13H,3,5-7H2,1H3,(H,16,18)/t10-,11+,13+/m1/s1. The minimum Gasteiger partial charge on any atom is -0.349 e. The Morgan fingerprint density at radius 1 is 1.35 bits per heavy atom. The van der Waals surface area contributed by atoms with E-state index in [1.165, 1.54) is 25.3 Å². The number of carbonyl (C=O) groups is 1. The van der Waals surface area contributed by atoms with Crippen molar-refractivity contribution in [2.45, 2.75) is 38.6 Å². The molecule has 0 unspecified atom stereocenters. The molecule has 1 amide bonds. The van der Waals surface area contributed by atoms with Crippen LogP contribution in [0.15, 0.2) is 18.2 Å². The third-order valence-electron chi connectivity index (χ3n) is 4.72. The molecule has 2 aliphatic carbocycles. The van der Waals surface area contributed by atoms with E-state index < -0.39 is 4.92 Å². The zero-order chi connectivity index (χ0) is 14.3. The quantitative estimate of drug-likeness (QED) is 0.680. The highest BCUT2D eigenvalue weighted by Gasteiger charge is 2.40. The van der Waals surface area contributed by atoms with Gasteiger partial charge in [-0.05, 0) is 44.1 Å². The van der Waals surface area contributed by atoms with Crippen LogP contribution in [-0.4, -0.2) is 16.9 Å². The highest BCUT2D eigenvalue weighted by Crippen LogP contribution is 2.44. The molecule has 0 spiro atoms. The fourth-order valence-electron chi connectivity index (χ4n) is 3.62. The van der Waals surface area contributed by atoms with E-state index in [1.54, 1.807) is 19.1 Å². The van der Waals surface area contributed by atoms with E-state index in [9.17, 15) is 14.9 Å². The molecule has 2 bridgehead atoms. The van der Waals surface area contributed by atoms with Crippen molar-refractivity contribution in [3.8, 4) is 0 Å². The van der Waals surface area contributed by atoms with Crippen LogP contribution in [0.4, 0.5) is 5.69 Å². The molecular weight excluding hydrogens is 256 g/mol. The van der Waals surface area contributed by atoms with Gasteiger partial charge in [0.2, 0.25) is 0 Å². The maximum absolute atomic E-state index is 12.2.